The second-order valence-corrected chi connectivity index (χ2v) is 5.76. The van der Waals surface area contributed by atoms with Crippen LogP contribution < -0.4 is 0 Å². The van der Waals surface area contributed by atoms with Gasteiger partial charge < -0.3 is 9.30 Å². The first-order valence-corrected chi connectivity index (χ1v) is 7.84. The van der Waals surface area contributed by atoms with Gasteiger partial charge in [-0.2, -0.15) is 5.10 Å². The minimum atomic E-state index is 0.571. The van der Waals surface area contributed by atoms with Gasteiger partial charge in [-0.1, -0.05) is 0 Å². The number of hydrogen-bond donors (Lipinski definition) is 0. The molecule has 3 heterocycles. The lowest BCUT2D eigenvalue weighted by atomic mass is 10.1. The Morgan fingerprint density at radius 2 is 2.30 bits per heavy atom. The highest BCUT2D eigenvalue weighted by molar-refractivity contribution is 6.17. The molecule has 0 bridgehead atoms. The van der Waals surface area contributed by atoms with Crippen LogP contribution >= 0.6 is 11.6 Å². The molecule has 110 valence electrons. The van der Waals surface area contributed by atoms with E-state index in [9.17, 15) is 0 Å². The highest BCUT2D eigenvalue weighted by Crippen LogP contribution is 2.24. The fraction of sp³-hybridized carbons (Fsp3) is 0.714. The topological polar surface area (TPSA) is 44.9 Å². The second kappa shape index (κ2) is 5.74. The van der Waals surface area contributed by atoms with Crippen molar-refractivity contribution in [3.63, 3.8) is 0 Å². The number of hydrogen-bond acceptors (Lipinski definition) is 3. The van der Waals surface area contributed by atoms with Crippen LogP contribution in [0.3, 0.4) is 0 Å². The van der Waals surface area contributed by atoms with E-state index in [2.05, 4.69) is 16.6 Å². The molecule has 1 aliphatic rings. The zero-order valence-electron chi connectivity index (χ0n) is 12.1. The fourth-order valence-corrected chi connectivity index (χ4v) is 3.11. The molecular weight excluding hydrogens is 276 g/mol. The van der Waals surface area contributed by atoms with E-state index in [-0.39, 0.29) is 0 Å². The Labute approximate surface area is 123 Å². The van der Waals surface area contributed by atoms with Gasteiger partial charge in [-0.05, 0) is 20.3 Å². The van der Waals surface area contributed by atoms with E-state index < -0.39 is 0 Å². The van der Waals surface area contributed by atoms with Crippen molar-refractivity contribution in [2.75, 3.05) is 19.1 Å². The van der Waals surface area contributed by atoms with Crippen molar-refractivity contribution in [3.05, 3.63) is 11.5 Å². The van der Waals surface area contributed by atoms with Crippen LogP contribution in [-0.4, -0.2) is 38.4 Å². The number of rotatable bonds is 5. The second-order valence-electron chi connectivity index (χ2n) is 5.38. The zero-order valence-corrected chi connectivity index (χ0v) is 12.9. The van der Waals surface area contributed by atoms with Crippen molar-refractivity contribution in [1.82, 2.24) is 19.3 Å². The summed E-state index contributed by atoms with van der Waals surface area (Å²) >= 11 is 5.93. The first-order valence-electron chi connectivity index (χ1n) is 7.30. The van der Waals surface area contributed by atoms with Gasteiger partial charge in [0.2, 0.25) is 0 Å². The average Bonchev–Trinajstić information content (AvgIpc) is 3.12. The molecule has 1 unspecified atom stereocenters. The van der Waals surface area contributed by atoms with Crippen LogP contribution in [0.2, 0.25) is 0 Å². The van der Waals surface area contributed by atoms with Crippen molar-refractivity contribution in [1.29, 1.82) is 0 Å². The Morgan fingerprint density at radius 1 is 1.45 bits per heavy atom. The third-order valence-corrected chi connectivity index (χ3v) is 4.15. The average molecular weight is 297 g/mol. The summed E-state index contributed by atoms with van der Waals surface area (Å²) in [5, 5.41) is 4.57. The third kappa shape index (κ3) is 2.33. The maximum Gasteiger partial charge on any atom is 0.158 e. The van der Waals surface area contributed by atoms with Crippen molar-refractivity contribution in [2.45, 2.75) is 39.8 Å². The van der Waals surface area contributed by atoms with E-state index in [1.807, 2.05) is 11.6 Å². The van der Waals surface area contributed by atoms with Crippen LogP contribution in [0.25, 0.3) is 11.2 Å². The summed E-state index contributed by atoms with van der Waals surface area (Å²) < 4.78 is 9.85. The van der Waals surface area contributed by atoms with Gasteiger partial charge in [0.25, 0.3) is 0 Å². The summed E-state index contributed by atoms with van der Waals surface area (Å²) in [6.07, 6.45) is 1.92. The van der Waals surface area contributed by atoms with E-state index in [0.29, 0.717) is 11.8 Å². The summed E-state index contributed by atoms with van der Waals surface area (Å²) in [6, 6.07) is 0. The molecule has 1 fully saturated rings. The Hall–Kier alpha value is -1.07. The molecular formula is C14H21ClN4O. The number of aromatic nitrogens is 4. The summed E-state index contributed by atoms with van der Waals surface area (Å²) in [6.45, 7) is 7.67. The SMILES string of the molecule is CCn1nc(C)c2nc(CCCl)n(CC3CCOC3)c21. The van der Waals surface area contributed by atoms with Gasteiger partial charge in [-0.3, -0.25) is 0 Å². The van der Waals surface area contributed by atoms with Gasteiger partial charge in [-0.15, -0.1) is 11.6 Å². The summed E-state index contributed by atoms with van der Waals surface area (Å²) in [7, 11) is 0. The lowest BCUT2D eigenvalue weighted by molar-refractivity contribution is 0.182. The third-order valence-electron chi connectivity index (χ3n) is 3.96. The summed E-state index contributed by atoms with van der Waals surface area (Å²) in [4.78, 5) is 4.77. The van der Waals surface area contributed by atoms with Crippen LogP contribution in [0.1, 0.15) is 24.9 Å². The van der Waals surface area contributed by atoms with E-state index in [1.165, 1.54) is 0 Å². The number of alkyl halides is 1. The van der Waals surface area contributed by atoms with Crippen LogP contribution in [0.5, 0.6) is 0 Å². The molecule has 2 aromatic rings. The van der Waals surface area contributed by atoms with Gasteiger partial charge >= 0.3 is 0 Å². The normalized spacial score (nSPS) is 19.2. The minimum Gasteiger partial charge on any atom is -0.381 e. The molecule has 1 aliphatic heterocycles. The van der Waals surface area contributed by atoms with Gasteiger partial charge in [0.05, 0.1) is 12.3 Å². The lowest BCUT2D eigenvalue weighted by Crippen LogP contribution is -2.16. The molecule has 1 saturated heterocycles. The van der Waals surface area contributed by atoms with E-state index in [1.54, 1.807) is 0 Å². The number of aryl methyl sites for hydroxylation is 3. The monoisotopic (exact) mass is 296 g/mol. The standard InChI is InChI=1S/C14H21ClN4O/c1-3-19-14-13(10(2)17-19)16-12(4-6-15)18(14)8-11-5-7-20-9-11/h11H,3-9H2,1-2H3. The molecule has 0 aliphatic carbocycles. The number of nitrogens with zero attached hydrogens (tertiary/aromatic N) is 4. The van der Waals surface area contributed by atoms with Crippen LogP contribution in [0, 0.1) is 12.8 Å². The van der Waals surface area contributed by atoms with Crippen LogP contribution in [-0.2, 0) is 24.2 Å². The number of ether oxygens (including phenoxy) is 1. The van der Waals surface area contributed by atoms with Crippen molar-refractivity contribution < 1.29 is 4.74 Å². The summed E-state index contributed by atoms with van der Waals surface area (Å²) in [5.74, 6) is 2.24. The Morgan fingerprint density at radius 3 is 2.95 bits per heavy atom. The first-order chi connectivity index (χ1) is 9.74. The molecule has 1 atom stereocenters. The molecule has 0 N–H and O–H groups in total. The molecule has 0 aromatic carbocycles. The van der Waals surface area contributed by atoms with Gasteiger partial charge in [0.15, 0.2) is 5.65 Å². The highest BCUT2D eigenvalue weighted by Gasteiger charge is 2.22. The quantitative estimate of drug-likeness (QED) is 0.796. The van der Waals surface area contributed by atoms with Crippen LogP contribution in [0.4, 0.5) is 0 Å². The van der Waals surface area contributed by atoms with Crippen molar-refractivity contribution >= 4 is 22.8 Å². The Balaban J connectivity index is 2.06. The van der Waals surface area contributed by atoms with Gasteiger partial charge in [0, 0.05) is 37.9 Å². The van der Waals surface area contributed by atoms with Crippen LogP contribution in [0.15, 0.2) is 0 Å². The molecule has 0 radical (unpaired) electrons. The molecule has 0 saturated carbocycles. The number of fused-ring (bicyclic) bond motifs is 1. The predicted molar refractivity (Wildman–Crippen MR) is 79.3 cm³/mol. The van der Waals surface area contributed by atoms with E-state index >= 15 is 0 Å². The maximum absolute atomic E-state index is 5.93. The molecule has 0 spiro atoms. The number of halogens is 1. The molecule has 20 heavy (non-hydrogen) atoms. The number of imidazole rings is 1. The Kier molecular flexibility index (Phi) is 3.98. The first kappa shape index (κ1) is 13.9. The minimum absolute atomic E-state index is 0.571. The lowest BCUT2D eigenvalue weighted by Gasteiger charge is -2.13. The smallest absolute Gasteiger partial charge is 0.158 e. The highest BCUT2D eigenvalue weighted by atomic mass is 35.5. The van der Waals surface area contributed by atoms with E-state index in [0.717, 1.165) is 61.8 Å². The molecule has 5 nitrogen and oxygen atoms in total. The van der Waals surface area contributed by atoms with Gasteiger partial charge in [0.1, 0.15) is 11.3 Å². The summed E-state index contributed by atoms with van der Waals surface area (Å²) in [5.41, 5.74) is 3.15. The Bertz CT molecular complexity index is 598. The zero-order chi connectivity index (χ0) is 14.1. The van der Waals surface area contributed by atoms with Crippen molar-refractivity contribution in [3.8, 4) is 0 Å². The molecule has 6 heteroatoms. The van der Waals surface area contributed by atoms with Gasteiger partial charge in [-0.25, -0.2) is 9.67 Å². The van der Waals surface area contributed by atoms with Crippen molar-refractivity contribution in [2.24, 2.45) is 5.92 Å². The molecule has 3 rings (SSSR count). The fourth-order valence-electron chi connectivity index (χ4n) is 2.94. The molecule has 2 aromatic heterocycles. The largest absolute Gasteiger partial charge is 0.381 e. The van der Waals surface area contributed by atoms with E-state index in [4.69, 9.17) is 21.3 Å². The maximum atomic E-state index is 5.93. The predicted octanol–water partition coefficient (Wildman–Crippen LogP) is 2.38. The molecule has 0 amide bonds.